The Labute approximate surface area is 164 Å². The molecule has 0 amide bonds. The number of pyridine rings is 1. The molecule has 1 unspecified atom stereocenters. The van der Waals surface area contributed by atoms with Gasteiger partial charge in [0, 0.05) is 19.2 Å². The first-order chi connectivity index (χ1) is 13.7. The summed E-state index contributed by atoms with van der Waals surface area (Å²) < 4.78 is 5.93. The number of ketones is 1. The van der Waals surface area contributed by atoms with Crippen LogP contribution in [0.15, 0.2) is 66.9 Å². The van der Waals surface area contributed by atoms with Gasteiger partial charge in [-0.2, -0.15) is 0 Å². The maximum atomic E-state index is 12.7. The summed E-state index contributed by atoms with van der Waals surface area (Å²) in [5.41, 5.74) is 9.92. The number of nitrogen functional groups attached to an aromatic ring is 1. The van der Waals surface area contributed by atoms with Crippen molar-refractivity contribution in [2.75, 3.05) is 11.1 Å². The standard InChI is InChI=1S/C23H23N3O2/c24-23-19(8-4-12-25-23)26-15-17-6-3-5-16(13-17)14-20(27)22-11-10-18-7-1-2-9-21(18)28-22/h1-9,12-13,22,26H,10-11,14-15H2,(H2,24,25). The smallest absolute Gasteiger partial charge is 0.177 e. The minimum Gasteiger partial charge on any atom is -0.482 e. The minimum absolute atomic E-state index is 0.121. The molecule has 1 atom stereocenters. The van der Waals surface area contributed by atoms with Crippen molar-refractivity contribution in [1.29, 1.82) is 0 Å². The molecule has 142 valence electrons. The molecule has 28 heavy (non-hydrogen) atoms. The summed E-state index contributed by atoms with van der Waals surface area (Å²) in [5.74, 6) is 1.43. The molecule has 0 saturated carbocycles. The number of anilines is 2. The average molecular weight is 373 g/mol. The van der Waals surface area contributed by atoms with Crippen molar-refractivity contribution < 1.29 is 9.53 Å². The number of hydrogen-bond donors (Lipinski definition) is 2. The van der Waals surface area contributed by atoms with Crippen LogP contribution < -0.4 is 15.8 Å². The zero-order valence-corrected chi connectivity index (χ0v) is 15.6. The number of carbonyl (C=O) groups excluding carboxylic acids is 1. The molecular formula is C23H23N3O2. The van der Waals surface area contributed by atoms with Crippen molar-refractivity contribution >= 4 is 17.3 Å². The molecule has 0 spiro atoms. The lowest BCUT2D eigenvalue weighted by Crippen LogP contribution is -2.32. The van der Waals surface area contributed by atoms with Crippen LogP contribution in [0.3, 0.4) is 0 Å². The normalized spacial score (nSPS) is 15.4. The maximum absolute atomic E-state index is 12.7. The number of benzene rings is 2. The van der Waals surface area contributed by atoms with E-state index in [0.29, 0.717) is 18.8 Å². The van der Waals surface area contributed by atoms with Gasteiger partial charge in [0.2, 0.25) is 0 Å². The van der Waals surface area contributed by atoms with E-state index in [1.54, 1.807) is 6.20 Å². The summed E-state index contributed by atoms with van der Waals surface area (Å²) in [5, 5.41) is 3.29. The molecule has 2 aromatic carbocycles. The van der Waals surface area contributed by atoms with Crippen LogP contribution in [0.5, 0.6) is 5.75 Å². The fraction of sp³-hybridized carbons (Fsp3) is 0.217. The Morgan fingerprint density at radius 1 is 1.11 bits per heavy atom. The second kappa shape index (κ2) is 8.13. The lowest BCUT2D eigenvalue weighted by atomic mass is 9.96. The zero-order valence-electron chi connectivity index (χ0n) is 15.6. The molecule has 1 aromatic heterocycles. The number of hydrogen-bond acceptors (Lipinski definition) is 5. The molecule has 2 heterocycles. The Balaban J connectivity index is 1.38. The quantitative estimate of drug-likeness (QED) is 0.688. The fourth-order valence-corrected chi connectivity index (χ4v) is 3.48. The molecule has 3 aromatic rings. The summed E-state index contributed by atoms with van der Waals surface area (Å²) in [6.45, 7) is 0.616. The van der Waals surface area contributed by atoms with E-state index in [1.807, 2.05) is 54.6 Å². The number of para-hydroxylation sites is 1. The maximum Gasteiger partial charge on any atom is 0.177 e. The molecule has 0 bridgehead atoms. The van der Waals surface area contributed by atoms with Crippen molar-refractivity contribution in [2.24, 2.45) is 0 Å². The van der Waals surface area contributed by atoms with Gasteiger partial charge in [-0.3, -0.25) is 4.79 Å². The molecule has 5 heteroatoms. The van der Waals surface area contributed by atoms with Crippen LogP contribution in [-0.4, -0.2) is 16.9 Å². The minimum atomic E-state index is -0.369. The number of nitrogens with zero attached hydrogens (tertiary/aromatic N) is 1. The highest BCUT2D eigenvalue weighted by atomic mass is 16.5. The van der Waals surface area contributed by atoms with Crippen molar-refractivity contribution in [3.8, 4) is 5.75 Å². The van der Waals surface area contributed by atoms with E-state index in [0.717, 1.165) is 35.4 Å². The molecule has 1 aliphatic rings. The summed E-state index contributed by atoms with van der Waals surface area (Å²) >= 11 is 0. The van der Waals surface area contributed by atoms with Crippen LogP contribution in [0.4, 0.5) is 11.5 Å². The van der Waals surface area contributed by atoms with Crippen LogP contribution in [0.1, 0.15) is 23.1 Å². The van der Waals surface area contributed by atoms with Crippen molar-refractivity contribution in [3.05, 3.63) is 83.6 Å². The number of aromatic nitrogens is 1. The van der Waals surface area contributed by atoms with Gasteiger partial charge in [-0.05, 0) is 47.7 Å². The van der Waals surface area contributed by atoms with Gasteiger partial charge in [0.15, 0.2) is 11.9 Å². The van der Waals surface area contributed by atoms with Gasteiger partial charge in [0.25, 0.3) is 0 Å². The highest BCUT2D eigenvalue weighted by Gasteiger charge is 2.25. The molecule has 0 saturated heterocycles. The topological polar surface area (TPSA) is 77.2 Å². The molecule has 3 N–H and O–H groups in total. The third kappa shape index (κ3) is 4.14. The van der Waals surface area contributed by atoms with Crippen LogP contribution in [0.2, 0.25) is 0 Å². The zero-order chi connectivity index (χ0) is 19.3. The molecule has 0 fully saturated rings. The van der Waals surface area contributed by atoms with E-state index in [2.05, 4.69) is 16.4 Å². The van der Waals surface area contributed by atoms with Gasteiger partial charge in [-0.15, -0.1) is 0 Å². The van der Waals surface area contributed by atoms with Gasteiger partial charge in [0.05, 0.1) is 5.69 Å². The van der Waals surface area contributed by atoms with Crippen molar-refractivity contribution in [3.63, 3.8) is 0 Å². The number of ether oxygens (including phenoxy) is 1. The molecule has 0 aliphatic carbocycles. The van der Waals surface area contributed by atoms with E-state index >= 15 is 0 Å². The molecular weight excluding hydrogens is 350 g/mol. The largest absolute Gasteiger partial charge is 0.482 e. The number of rotatable bonds is 6. The number of nitrogens with one attached hydrogen (secondary N) is 1. The monoisotopic (exact) mass is 373 g/mol. The third-order valence-corrected chi connectivity index (χ3v) is 4.97. The lowest BCUT2D eigenvalue weighted by molar-refractivity contribution is -0.125. The van der Waals surface area contributed by atoms with E-state index in [4.69, 9.17) is 10.5 Å². The van der Waals surface area contributed by atoms with Gasteiger partial charge < -0.3 is 15.8 Å². The average Bonchev–Trinajstić information content (AvgIpc) is 2.73. The van der Waals surface area contributed by atoms with Crippen LogP contribution in [-0.2, 0) is 24.2 Å². The second-order valence-electron chi connectivity index (χ2n) is 7.01. The summed E-state index contributed by atoms with van der Waals surface area (Å²) in [7, 11) is 0. The Morgan fingerprint density at radius 3 is 2.86 bits per heavy atom. The first-order valence-corrected chi connectivity index (χ1v) is 9.48. The van der Waals surface area contributed by atoms with E-state index in [-0.39, 0.29) is 11.9 Å². The van der Waals surface area contributed by atoms with E-state index in [1.165, 1.54) is 5.56 Å². The van der Waals surface area contributed by atoms with Gasteiger partial charge in [0.1, 0.15) is 11.6 Å². The Morgan fingerprint density at radius 2 is 1.96 bits per heavy atom. The lowest BCUT2D eigenvalue weighted by Gasteiger charge is -2.25. The second-order valence-corrected chi connectivity index (χ2v) is 7.01. The Bertz CT molecular complexity index is 987. The Kier molecular flexibility index (Phi) is 5.24. The van der Waals surface area contributed by atoms with Gasteiger partial charge >= 0.3 is 0 Å². The SMILES string of the molecule is Nc1ncccc1NCc1cccc(CC(=O)C2CCc3ccccc3O2)c1. The molecule has 5 nitrogen and oxygen atoms in total. The number of nitrogens with two attached hydrogens (primary N) is 1. The number of fused-ring (bicyclic) bond motifs is 1. The number of Topliss-reactive ketones (excluding diaryl/α,β-unsaturated/α-hetero) is 1. The first kappa shape index (κ1) is 18.0. The van der Waals surface area contributed by atoms with E-state index < -0.39 is 0 Å². The third-order valence-electron chi connectivity index (χ3n) is 4.97. The summed E-state index contributed by atoms with van der Waals surface area (Å²) in [6.07, 6.45) is 3.28. The Hall–Kier alpha value is -3.34. The predicted molar refractivity (Wildman–Crippen MR) is 110 cm³/mol. The highest BCUT2D eigenvalue weighted by Crippen LogP contribution is 2.28. The van der Waals surface area contributed by atoms with Gasteiger partial charge in [-0.25, -0.2) is 4.98 Å². The van der Waals surface area contributed by atoms with Crippen molar-refractivity contribution in [2.45, 2.75) is 31.9 Å². The van der Waals surface area contributed by atoms with Crippen LogP contribution in [0.25, 0.3) is 0 Å². The molecule has 0 radical (unpaired) electrons. The van der Waals surface area contributed by atoms with Crippen LogP contribution >= 0.6 is 0 Å². The predicted octanol–water partition coefficient (Wildman–Crippen LogP) is 3.78. The molecule has 4 rings (SSSR count). The van der Waals surface area contributed by atoms with Crippen molar-refractivity contribution in [1.82, 2.24) is 4.98 Å². The van der Waals surface area contributed by atoms with Gasteiger partial charge in [-0.1, -0.05) is 42.5 Å². The number of carbonyl (C=O) groups is 1. The number of aryl methyl sites for hydroxylation is 1. The fourth-order valence-electron chi connectivity index (χ4n) is 3.48. The first-order valence-electron chi connectivity index (χ1n) is 9.48. The summed E-state index contributed by atoms with van der Waals surface area (Å²) in [6, 6.07) is 19.7. The van der Waals surface area contributed by atoms with E-state index in [9.17, 15) is 4.79 Å². The highest BCUT2D eigenvalue weighted by molar-refractivity contribution is 5.85. The summed E-state index contributed by atoms with van der Waals surface area (Å²) in [4.78, 5) is 16.8. The molecule has 1 aliphatic heterocycles. The van der Waals surface area contributed by atoms with Crippen LogP contribution in [0, 0.1) is 0 Å².